The van der Waals surface area contributed by atoms with Crippen molar-refractivity contribution >= 4 is 12.2 Å². The van der Waals surface area contributed by atoms with Gasteiger partial charge in [0.1, 0.15) is 0 Å². The summed E-state index contributed by atoms with van der Waals surface area (Å²) >= 11 is 0. The maximum atomic E-state index is 12.2. The molecule has 0 aliphatic carbocycles. The van der Waals surface area contributed by atoms with E-state index in [1.54, 1.807) is 31.3 Å². The fraction of sp³-hybridized carbons (Fsp3) is 0.500. The predicted octanol–water partition coefficient (Wildman–Crippen LogP) is 0.987. The van der Waals surface area contributed by atoms with Crippen LogP contribution in [0.1, 0.15) is 27.1 Å². The fourth-order valence-electron chi connectivity index (χ4n) is 1.79. The second-order valence-electron chi connectivity index (χ2n) is 4.73. The lowest BCUT2D eigenvalue weighted by molar-refractivity contribution is 0.0350. The van der Waals surface area contributed by atoms with Gasteiger partial charge in [0, 0.05) is 32.4 Å². The van der Waals surface area contributed by atoms with Crippen LogP contribution in [0.5, 0.6) is 0 Å². The lowest BCUT2D eigenvalue weighted by Gasteiger charge is -2.18. The van der Waals surface area contributed by atoms with E-state index >= 15 is 0 Å². The molecule has 122 valence electrons. The van der Waals surface area contributed by atoms with E-state index in [9.17, 15) is 9.59 Å². The van der Waals surface area contributed by atoms with Gasteiger partial charge in [-0.1, -0.05) is 18.2 Å². The first-order chi connectivity index (χ1) is 10.7. The van der Waals surface area contributed by atoms with Crippen molar-refractivity contribution in [3.8, 4) is 0 Å². The lowest BCUT2D eigenvalue weighted by atomic mass is 10.1. The number of amides is 1. The minimum absolute atomic E-state index is 0.121. The first-order valence-electron chi connectivity index (χ1n) is 7.26. The molecule has 0 heterocycles. The number of benzene rings is 1. The first-order valence-corrected chi connectivity index (χ1v) is 7.26. The van der Waals surface area contributed by atoms with Crippen LogP contribution in [0, 0.1) is 0 Å². The molecule has 1 amide bonds. The molecule has 1 N–H and O–H groups in total. The summed E-state index contributed by atoms with van der Waals surface area (Å²) in [4.78, 5) is 24.7. The molecule has 1 aromatic rings. The third-order valence-corrected chi connectivity index (χ3v) is 3.05. The van der Waals surface area contributed by atoms with Gasteiger partial charge in [-0.05, 0) is 12.5 Å². The standard InChI is InChI=1S/C16H23NO5/c1-17(7-10-22-12-11-21-9-4-8-18)16(20)15-6-3-2-5-14(15)13-19/h2-3,5-6,13,18H,4,7-12H2,1H3. The third-order valence-electron chi connectivity index (χ3n) is 3.05. The Morgan fingerprint density at radius 2 is 1.86 bits per heavy atom. The van der Waals surface area contributed by atoms with Gasteiger partial charge in [-0.25, -0.2) is 0 Å². The summed E-state index contributed by atoms with van der Waals surface area (Å²) in [5.74, 6) is -0.203. The predicted molar refractivity (Wildman–Crippen MR) is 82.1 cm³/mol. The van der Waals surface area contributed by atoms with Gasteiger partial charge < -0.3 is 19.5 Å². The molecule has 0 radical (unpaired) electrons. The third kappa shape index (κ3) is 6.34. The highest BCUT2D eigenvalue weighted by Gasteiger charge is 2.14. The molecule has 0 aliphatic heterocycles. The van der Waals surface area contributed by atoms with Crippen LogP contribution in [0.15, 0.2) is 24.3 Å². The zero-order valence-electron chi connectivity index (χ0n) is 12.9. The van der Waals surface area contributed by atoms with Gasteiger partial charge in [0.25, 0.3) is 5.91 Å². The van der Waals surface area contributed by atoms with Crippen LogP contribution in [0.3, 0.4) is 0 Å². The number of aliphatic hydroxyl groups excluding tert-OH is 1. The van der Waals surface area contributed by atoms with Crippen molar-refractivity contribution in [1.82, 2.24) is 4.90 Å². The van der Waals surface area contributed by atoms with Gasteiger partial charge in [0.2, 0.25) is 0 Å². The summed E-state index contributed by atoms with van der Waals surface area (Å²) in [7, 11) is 1.67. The topological polar surface area (TPSA) is 76.1 Å². The number of carbonyl (C=O) groups is 2. The number of aldehydes is 1. The monoisotopic (exact) mass is 309 g/mol. The number of likely N-dealkylation sites (N-methyl/N-ethyl adjacent to an activating group) is 1. The number of ether oxygens (including phenoxy) is 2. The van der Waals surface area contributed by atoms with Crippen LogP contribution in [-0.2, 0) is 9.47 Å². The van der Waals surface area contributed by atoms with Crippen molar-refractivity contribution in [3.63, 3.8) is 0 Å². The fourth-order valence-corrected chi connectivity index (χ4v) is 1.79. The summed E-state index contributed by atoms with van der Waals surface area (Å²) in [5, 5.41) is 8.58. The van der Waals surface area contributed by atoms with Gasteiger partial charge in [0.05, 0.1) is 25.4 Å². The minimum Gasteiger partial charge on any atom is -0.396 e. The van der Waals surface area contributed by atoms with Gasteiger partial charge >= 0.3 is 0 Å². The van der Waals surface area contributed by atoms with Crippen molar-refractivity contribution in [3.05, 3.63) is 35.4 Å². The molecule has 22 heavy (non-hydrogen) atoms. The average molecular weight is 309 g/mol. The summed E-state index contributed by atoms with van der Waals surface area (Å²) < 4.78 is 10.6. The molecule has 0 bridgehead atoms. The molecule has 0 aliphatic rings. The number of aliphatic hydroxyl groups is 1. The average Bonchev–Trinajstić information content (AvgIpc) is 2.56. The second kappa shape index (κ2) is 10.9. The Labute approximate surface area is 130 Å². The van der Waals surface area contributed by atoms with Crippen molar-refractivity contribution in [2.75, 3.05) is 46.6 Å². The highest BCUT2D eigenvalue weighted by atomic mass is 16.5. The lowest BCUT2D eigenvalue weighted by Crippen LogP contribution is -2.31. The minimum atomic E-state index is -0.203. The molecule has 1 rings (SSSR count). The summed E-state index contributed by atoms with van der Waals surface area (Å²) in [5.41, 5.74) is 0.782. The van der Waals surface area contributed by atoms with Crippen molar-refractivity contribution in [2.24, 2.45) is 0 Å². The Morgan fingerprint density at radius 1 is 1.18 bits per heavy atom. The van der Waals surface area contributed by atoms with E-state index in [4.69, 9.17) is 14.6 Å². The summed E-state index contributed by atoms with van der Waals surface area (Å²) in [6, 6.07) is 6.71. The van der Waals surface area contributed by atoms with E-state index in [1.807, 2.05) is 0 Å². The van der Waals surface area contributed by atoms with Crippen LogP contribution < -0.4 is 0 Å². The zero-order valence-corrected chi connectivity index (χ0v) is 12.9. The SMILES string of the molecule is CN(CCOCCOCCCO)C(=O)c1ccccc1C=O. The van der Waals surface area contributed by atoms with Crippen LogP contribution in [0.4, 0.5) is 0 Å². The second-order valence-corrected chi connectivity index (χ2v) is 4.73. The van der Waals surface area contributed by atoms with Crippen LogP contribution >= 0.6 is 0 Å². The molecule has 0 atom stereocenters. The maximum Gasteiger partial charge on any atom is 0.254 e. The number of rotatable bonds is 11. The Morgan fingerprint density at radius 3 is 2.55 bits per heavy atom. The number of hydrogen-bond donors (Lipinski definition) is 1. The number of hydrogen-bond acceptors (Lipinski definition) is 5. The molecule has 0 aromatic heterocycles. The largest absolute Gasteiger partial charge is 0.396 e. The molecule has 6 heteroatoms. The maximum absolute atomic E-state index is 12.2. The molecule has 6 nitrogen and oxygen atoms in total. The zero-order chi connectivity index (χ0) is 16.2. The van der Waals surface area contributed by atoms with Crippen molar-refractivity contribution < 1.29 is 24.2 Å². The van der Waals surface area contributed by atoms with E-state index in [2.05, 4.69) is 0 Å². The van der Waals surface area contributed by atoms with Crippen molar-refractivity contribution in [2.45, 2.75) is 6.42 Å². The smallest absolute Gasteiger partial charge is 0.254 e. The quantitative estimate of drug-likeness (QED) is 0.487. The Kier molecular flexibility index (Phi) is 9.06. The number of carbonyl (C=O) groups excluding carboxylic acids is 2. The van der Waals surface area contributed by atoms with E-state index < -0.39 is 0 Å². The Bertz CT molecular complexity index is 464. The van der Waals surface area contributed by atoms with Gasteiger partial charge in [-0.15, -0.1) is 0 Å². The van der Waals surface area contributed by atoms with Gasteiger partial charge in [-0.3, -0.25) is 9.59 Å². The Hall–Kier alpha value is -1.76. The molecule has 0 saturated carbocycles. The van der Waals surface area contributed by atoms with E-state index in [0.29, 0.717) is 56.8 Å². The van der Waals surface area contributed by atoms with E-state index in [0.717, 1.165) is 0 Å². The highest BCUT2D eigenvalue weighted by molar-refractivity contribution is 6.01. The normalized spacial score (nSPS) is 10.5. The first kappa shape index (κ1) is 18.3. The van der Waals surface area contributed by atoms with Crippen LogP contribution in [-0.4, -0.2) is 68.8 Å². The molecule has 0 fully saturated rings. The molecular formula is C16H23NO5. The molecule has 0 saturated heterocycles. The molecule has 0 unspecified atom stereocenters. The molecule has 0 spiro atoms. The molecule has 1 aromatic carbocycles. The summed E-state index contributed by atoms with van der Waals surface area (Å²) in [6.07, 6.45) is 1.30. The van der Waals surface area contributed by atoms with Crippen LogP contribution in [0.2, 0.25) is 0 Å². The van der Waals surface area contributed by atoms with Crippen molar-refractivity contribution in [1.29, 1.82) is 0 Å². The van der Waals surface area contributed by atoms with Crippen LogP contribution in [0.25, 0.3) is 0 Å². The van der Waals surface area contributed by atoms with E-state index in [1.165, 1.54) is 4.90 Å². The van der Waals surface area contributed by atoms with Gasteiger partial charge in [0.15, 0.2) is 6.29 Å². The summed E-state index contributed by atoms with van der Waals surface area (Å²) in [6.45, 7) is 2.37. The number of nitrogens with zero attached hydrogens (tertiary/aromatic N) is 1. The van der Waals surface area contributed by atoms with Gasteiger partial charge in [-0.2, -0.15) is 0 Å². The van der Waals surface area contributed by atoms with E-state index in [-0.39, 0.29) is 12.5 Å². The Balaban J connectivity index is 2.26. The highest BCUT2D eigenvalue weighted by Crippen LogP contribution is 2.08. The molecular weight excluding hydrogens is 286 g/mol.